The summed E-state index contributed by atoms with van der Waals surface area (Å²) >= 11 is 6.04. The number of rotatable bonds is 3. The number of allylic oxidation sites excluding steroid dienone is 2. The molecule has 2 heterocycles. The van der Waals surface area contributed by atoms with Gasteiger partial charge < -0.3 is 4.98 Å². The first-order valence-corrected chi connectivity index (χ1v) is 8.27. The molecule has 0 unspecified atom stereocenters. The van der Waals surface area contributed by atoms with Crippen molar-refractivity contribution in [3.8, 4) is 0 Å². The van der Waals surface area contributed by atoms with Gasteiger partial charge in [0.15, 0.2) is 0 Å². The summed E-state index contributed by atoms with van der Waals surface area (Å²) in [7, 11) is 0. The van der Waals surface area contributed by atoms with Crippen molar-refractivity contribution >= 4 is 34.3 Å². The number of aromatic amines is 1. The van der Waals surface area contributed by atoms with Crippen LogP contribution in [0.1, 0.15) is 18.4 Å². The molecule has 23 heavy (non-hydrogen) atoms. The molecule has 4 rings (SSSR count). The number of carbonyl (C=O) groups is 2. The number of benzene rings is 1. The molecular formula is C18H17ClN2O2. The molecule has 2 aromatic rings. The monoisotopic (exact) mass is 328 g/mol. The molecule has 118 valence electrons. The van der Waals surface area contributed by atoms with Crippen LogP contribution in [0.4, 0.5) is 0 Å². The molecule has 4 nitrogen and oxygen atoms in total. The Bertz CT molecular complexity index is 823. The lowest BCUT2D eigenvalue weighted by molar-refractivity contribution is -0.139. The van der Waals surface area contributed by atoms with E-state index >= 15 is 0 Å². The Morgan fingerprint density at radius 1 is 1.17 bits per heavy atom. The van der Waals surface area contributed by atoms with Crippen molar-refractivity contribution in [2.75, 3.05) is 6.54 Å². The Labute approximate surface area is 139 Å². The predicted molar refractivity (Wildman–Crippen MR) is 88.9 cm³/mol. The fourth-order valence-electron chi connectivity index (χ4n) is 3.69. The molecule has 0 radical (unpaired) electrons. The van der Waals surface area contributed by atoms with Gasteiger partial charge in [0.1, 0.15) is 0 Å². The van der Waals surface area contributed by atoms with E-state index in [2.05, 4.69) is 11.1 Å². The average molecular weight is 329 g/mol. The third-order valence-electron chi connectivity index (χ3n) is 4.94. The molecule has 1 aromatic heterocycles. The number of aromatic nitrogens is 1. The summed E-state index contributed by atoms with van der Waals surface area (Å²) in [5.74, 6) is -0.581. The molecule has 0 saturated carbocycles. The van der Waals surface area contributed by atoms with Gasteiger partial charge in [0, 0.05) is 28.7 Å². The van der Waals surface area contributed by atoms with Crippen molar-refractivity contribution in [2.24, 2.45) is 11.8 Å². The lowest BCUT2D eigenvalue weighted by atomic mass is 9.85. The number of carbonyl (C=O) groups excluding carboxylic acids is 2. The summed E-state index contributed by atoms with van der Waals surface area (Å²) in [4.78, 5) is 29.7. The Morgan fingerprint density at radius 3 is 2.83 bits per heavy atom. The highest BCUT2D eigenvalue weighted by molar-refractivity contribution is 6.30. The Balaban J connectivity index is 1.51. The number of para-hydroxylation sites is 1. The van der Waals surface area contributed by atoms with Gasteiger partial charge in [-0.25, -0.2) is 0 Å². The van der Waals surface area contributed by atoms with Gasteiger partial charge in [-0.05, 0) is 30.9 Å². The maximum atomic E-state index is 12.5. The number of fused-ring (bicyclic) bond motifs is 2. The maximum Gasteiger partial charge on any atom is 0.233 e. The van der Waals surface area contributed by atoms with Gasteiger partial charge >= 0.3 is 0 Å². The smallest absolute Gasteiger partial charge is 0.233 e. The van der Waals surface area contributed by atoms with E-state index in [1.165, 1.54) is 4.90 Å². The number of nitrogens with one attached hydrogen (secondary N) is 1. The van der Waals surface area contributed by atoms with Crippen LogP contribution in [0.25, 0.3) is 10.9 Å². The number of imide groups is 1. The second-order valence-electron chi connectivity index (χ2n) is 6.24. The van der Waals surface area contributed by atoms with Crippen molar-refractivity contribution in [3.63, 3.8) is 0 Å². The normalized spacial score (nSPS) is 24.2. The lowest BCUT2D eigenvalue weighted by Gasteiger charge is -2.17. The summed E-state index contributed by atoms with van der Waals surface area (Å²) in [6, 6.07) is 8.05. The molecule has 1 aliphatic carbocycles. The van der Waals surface area contributed by atoms with E-state index in [0.29, 0.717) is 30.8 Å². The molecule has 0 bridgehead atoms. The van der Waals surface area contributed by atoms with E-state index < -0.39 is 0 Å². The summed E-state index contributed by atoms with van der Waals surface area (Å²) in [6.45, 7) is 0.435. The SMILES string of the molecule is O=C1[C@H]2CC=C(Cl)C[C@H]2C(=O)N1CCc1c[nH]c2ccccc12. The van der Waals surface area contributed by atoms with Crippen molar-refractivity contribution in [1.82, 2.24) is 9.88 Å². The number of halogens is 1. The summed E-state index contributed by atoms with van der Waals surface area (Å²) in [5, 5.41) is 1.85. The van der Waals surface area contributed by atoms with E-state index in [1.807, 2.05) is 30.5 Å². The topological polar surface area (TPSA) is 53.2 Å². The van der Waals surface area contributed by atoms with Crippen LogP contribution >= 0.6 is 11.6 Å². The zero-order chi connectivity index (χ0) is 16.0. The molecule has 2 atom stereocenters. The van der Waals surface area contributed by atoms with Gasteiger partial charge in [-0.15, -0.1) is 0 Å². The van der Waals surface area contributed by atoms with E-state index in [0.717, 1.165) is 16.5 Å². The molecule has 1 N–H and O–H groups in total. The summed E-state index contributed by atoms with van der Waals surface area (Å²) in [5.41, 5.74) is 2.21. The lowest BCUT2D eigenvalue weighted by Crippen LogP contribution is -2.33. The Hall–Kier alpha value is -2.07. The number of hydrogen-bond acceptors (Lipinski definition) is 2. The van der Waals surface area contributed by atoms with Gasteiger partial charge in [0.05, 0.1) is 11.8 Å². The molecule has 2 amide bonds. The minimum Gasteiger partial charge on any atom is -0.361 e. The van der Waals surface area contributed by atoms with E-state index in [-0.39, 0.29) is 23.7 Å². The highest BCUT2D eigenvalue weighted by atomic mass is 35.5. The van der Waals surface area contributed by atoms with Crippen LogP contribution in [0.2, 0.25) is 0 Å². The van der Waals surface area contributed by atoms with Gasteiger partial charge in [-0.2, -0.15) is 0 Å². The number of H-pyrrole nitrogens is 1. The van der Waals surface area contributed by atoms with Crippen molar-refractivity contribution < 1.29 is 9.59 Å². The summed E-state index contributed by atoms with van der Waals surface area (Å²) < 4.78 is 0. The van der Waals surface area contributed by atoms with Crippen molar-refractivity contribution in [3.05, 3.63) is 47.1 Å². The molecule has 0 spiro atoms. The second-order valence-corrected chi connectivity index (χ2v) is 6.73. The van der Waals surface area contributed by atoms with Crippen LogP contribution in [-0.2, 0) is 16.0 Å². The standard InChI is InChI=1S/C18H17ClN2O2/c19-12-5-6-14-15(9-12)18(23)21(17(14)22)8-7-11-10-20-16-4-2-1-3-13(11)16/h1-5,10,14-15,20H,6-9H2/t14-,15+/m0/s1. The highest BCUT2D eigenvalue weighted by Crippen LogP contribution is 2.38. The van der Waals surface area contributed by atoms with Gasteiger partial charge in [0.25, 0.3) is 0 Å². The quantitative estimate of drug-likeness (QED) is 0.879. The van der Waals surface area contributed by atoms with Crippen LogP contribution in [0.15, 0.2) is 41.6 Å². The first kappa shape index (κ1) is 14.5. The fourth-order valence-corrected chi connectivity index (χ4v) is 3.94. The van der Waals surface area contributed by atoms with Crippen LogP contribution in [-0.4, -0.2) is 28.2 Å². The third kappa shape index (κ3) is 2.38. The molecule has 1 fully saturated rings. The minimum atomic E-state index is -0.261. The number of likely N-dealkylation sites (tertiary alicyclic amines) is 1. The fraction of sp³-hybridized carbons (Fsp3) is 0.333. The molecule has 2 aliphatic rings. The minimum absolute atomic E-state index is 0.0414. The van der Waals surface area contributed by atoms with Gasteiger partial charge in [-0.1, -0.05) is 35.9 Å². The van der Waals surface area contributed by atoms with Crippen LogP contribution in [0.5, 0.6) is 0 Å². The second kappa shape index (κ2) is 5.53. The molecule has 5 heteroatoms. The van der Waals surface area contributed by atoms with E-state index in [4.69, 9.17) is 11.6 Å². The molecule has 1 aromatic carbocycles. The van der Waals surface area contributed by atoms with Gasteiger partial charge in [-0.3, -0.25) is 14.5 Å². The van der Waals surface area contributed by atoms with Gasteiger partial charge in [0.2, 0.25) is 11.8 Å². The molecular weight excluding hydrogens is 312 g/mol. The summed E-state index contributed by atoms with van der Waals surface area (Å²) in [6.07, 6.45) is 5.58. The number of hydrogen-bond donors (Lipinski definition) is 1. The first-order chi connectivity index (χ1) is 11.1. The van der Waals surface area contributed by atoms with E-state index in [9.17, 15) is 9.59 Å². The first-order valence-electron chi connectivity index (χ1n) is 7.90. The van der Waals surface area contributed by atoms with Crippen molar-refractivity contribution in [1.29, 1.82) is 0 Å². The Kier molecular flexibility index (Phi) is 3.49. The van der Waals surface area contributed by atoms with Crippen molar-refractivity contribution in [2.45, 2.75) is 19.3 Å². The molecule has 1 aliphatic heterocycles. The third-order valence-corrected chi connectivity index (χ3v) is 5.25. The Morgan fingerprint density at radius 2 is 1.96 bits per heavy atom. The average Bonchev–Trinajstić information content (AvgIpc) is 3.06. The zero-order valence-electron chi connectivity index (χ0n) is 12.6. The number of amides is 2. The van der Waals surface area contributed by atoms with Crippen LogP contribution in [0, 0.1) is 11.8 Å². The molecule has 1 saturated heterocycles. The predicted octanol–water partition coefficient (Wildman–Crippen LogP) is 3.23. The zero-order valence-corrected chi connectivity index (χ0v) is 13.3. The van der Waals surface area contributed by atoms with E-state index in [1.54, 1.807) is 0 Å². The number of nitrogens with zero attached hydrogens (tertiary/aromatic N) is 1. The maximum absolute atomic E-state index is 12.5. The van der Waals surface area contributed by atoms with Crippen LogP contribution in [0.3, 0.4) is 0 Å². The van der Waals surface area contributed by atoms with Crippen LogP contribution < -0.4 is 0 Å². The largest absolute Gasteiger partial charge is 0.361 e. The highest BCUT2D eigenvalue weighted by Gasteiger charge is 2.47.